The smallest absolute Gasteiger partial charge is 0.244 e. The second kappa shape index (κ2) is 7.40. The number of carbonyl (C=O) groups excluding carboxylic acids is 1. The second-order valence-corrected chi connectivity index (χ2v) is 7.18. The molecule has 3 aromatic rings. The highest BCUT2D eigenvalue weighted by Crippen LogP contribution is 2.27. The molecule has 1 saturated carbocycles. The van der Waals surface area contributed by atoms with E-state index in [0.717, 1.165) is 54.9 Å². The first kappa shape index (κ1) is 17.5. The number of carbonyl (C=O) groups is 1. The Morgan fingerprint density at radius 1 is 1.15 bits per heavy atom. The fourth-order valence-corrected chi connectivity index (χ4v) is 3.51. The van der Waals surface area contributed by atoms with Crippen molar-refractivity contribution in [3.05, 3.63) is 60.6 Å². The number of rotatable bonds is 5. The van der Waals surface area contributed by atoms with Gasteiger partial charge in [0.15, 0.2) is 0 Å². The van der Waals surface area contributed by atoms with Crippen molar-refractivity contribution in [1.82, 2.24) is 9.38 Å². The van der Waals surface area contributed by atoms with Gasteiger partial charge >= 0.3 is 0 Å². The molecule has 6 nitrogen and oxygen atoms in total. The van der Waals surface area contributed by atoms with E-state index in [4.69, 9.17) is 10.5 Å². The minimum absolute atomic E-state index is 0.0967. The molecule has 0 bridgehead atoms. The van der Waals surface area contributed by atoms with Crippen molar-refractivity contribution < 1.29 is 9.53 Å². The molecule has 27 heavy (non-hydrogen) atoms. The number of benzene rings is 1. The number of fused-ring (bicyclic) bond motifs is 1. The number of nitrogens with one attached hydrogen (secondary N) is 1. The fourth-order valence-electron chi connectivity index (χ4n) is 3.51. The van der Waals surface area contributed by atoms with Crippen molar-refractivity contribution in [2.75, 3.05) is 5.32 Å². The van der Waals surface area contributed by atoms with Gasteiger partial charge < -0.3 is 20.2 Å². The van der Waals surface area contributed by atoms with E-state index in [1.807, 2.05) is 59.3 Å². The summed E-state index contributed by atoms with van der Waals surface area (Å²) in [5.41, 5.74) is 8.03. The van der Waals surface area contributed by atoms with Crippen LogP contribution in [0, 0.1) is 0 Å². The Labute approximate surface area is 158 Å². The summed E-state index contributed by atoms with van der Waals surface area (Å²) in [7, 11) is 0. The quantitative estimate of drug-likeness (QED) is 0.726. The predicted octanol–water partition coefficient (Wildman–Crippen LogP) is 3.51. The maximum atomic E-state index is 12.5. The highest BCUT2D eigenvalue weighted by Gasteiger charge is 2.35. The Bertz CT molecular complexity index is 894. The van der Waals surface area contributed by atoms with E-state index >= 15 is 0 Å². The molecule has 6 heteroatoms. The zero-order valence-electron chi connectivity index (χ0n) is 15.2. The van der Waals surface area contributed by atoms with Crippen molar-refractivity contribution in [3.8, 4) is 5.75 Å². The van der Waals surface area contributed by atoms with E-state index in [1.165, 1.54) is 0 Å². The number of aromatic nitrogens is 2. The molecule has 1 aromatic carbocycles. The molecule has 1 aliphatic carbocycles. The molecule has 1 fully saturated rings. The van der Waals surface area contributed by atoms with Crippen molar-refractivity contribution >= 4 is 17.2 Å². The third kappa shape index (κ3) is 3.95. The number of nitrogens with two attached hydrogens (primary N) is 1. The first-order chi connectivity index (χ1) is 13.1. The van der Waals surface area contributed by atoms with Gasteiger partial charge in [-0.3, -0.25) is 4.79 Å². The van der Waals surface area contributed by atoms with Crippen LogP contribution in [0.4, 0.5) is 5.69 Å². The van der Waals surface area contributed by atoms with Crippen LogP contribution in [0.5, 0.6) is 5.75 Å². The summed E-state index contributed by atoms with van der Waals surface area (Å²) in [6.07, 6.45) is 8.59. The van der Waals surface area contributed by atoms with E-state index < -0.39 is 5.54 Å². The van der Waals surface area contributed by atoms with Crippen molar-refractivity contribution in [2.24, 2.45) is 5.73 Å². The van der Waals surface area contributed by atoms with Gasteiger partial charge in [0.25, 0.3) is 0 Å². The van der Waals surface area contributed by atoms with E-state index in [-0.39, 0.29) is 5.91 Å². The molecule has 4 rings (SSSR count). The van der Waals surface area contributed by atoms with E-state index in [1.54, 1.807) is 0 Å². The number of pyridine rings is 1. The van der Waals surface area contributed by atoms with Crippen LogP contribution in [-0.4, -0.2) is 20.8 Å². The number of anilines is 1. The molecule has 0 radical (unpaired) electrons. The molecule has 140 valence electrons. The summed E-state index contributed by atoms with van der Waals surface area (Å²) in [5.74, 6) is 0.630. The fraction of sp³-hybridized carbons (Fsp3) is 0.333. The van der Waals surface area contributed by atoms with Crippen LogP contribution in [0.1, 0.15) is 37.8 Å². The summed E-state index contributed by atoms with van der Waals surface area (Å²) >= 11 is 0. The van der Waals surface area contributed by atoms with E-state index in [2.05, 4.69) is 10.3 Å². The van der Waals surface area contributed by atoms with Gasteiger partial charge in [-0.2, -0.15) is 0 Å². The zero-order chi connectivity index (χ0) is 18.7. The van der Waals surface area contributed by atoms with Crippen LogP contribution in [0.15, 0.2) is 54.9 Å². The average Bonchev–Trinajstić information content (AvgIpc) is 3.11. The van der Waals surface area contributed by atoms with E-state index in [9.17, 15) is 4.79 Å². The zero-order valence-corrected chi connectivity index (χ0v) is 15.2. The summed E-state index contributed by atoms with van der Waals surface area (Å²) < 4.78 is 7.77. The van der Waals surface area contributed by atoms with Crippen LogP contribution in [-0.2, 0) is 11.4 Å². The Balaban J connectivity index is 1.35. The molecule has 0 atom stereocenters. The van der Waals surface area contributed by atoms with Gasteiger partial charge in [-0.25, -0.2) is 4.98 Å². The Morgan fingerprint density at radius 3 is 2.67 bits per heavy atom. The molecule has 0 saturated heterocycles. The predicted molar refractivity (Wildman–Crippen MR) is 105 cm³/mol. The number of amides is 1. The van der Waals surface area contributed by atoms with Crippen molar-refractivity contribution in [3.63, 3.8) is 0 Å². The van der Waals surface area contributed by atoms with Gasteiger partial charge in [0.05, 0.1) is 11.2 Å². The van der Waals surface area contributed by atoms with Gasteiger partial charge in [-0.1, -0.05) is 25.3 Å². The maximum Gasteiger partial charge on any atom is 0.244 e. The summed E-state index contributed by atoms with van der Waals surface area (Å²) in [6, 6.07) is 13.2. The summed E-state index contributed by atoms with van der Waals surface area (Å²) in [5, 5.41) is 2.94. The van der Waals surface area contributed by atoms with Gasteiger partial charge in [-0.15, -0.1) is 0 Å². The molecule has 1 amide bonds. The summed E-state index contributed by atoms with van der Waals surface area (Å²) in [4.78, 5) is 17.0. The minimum atomic E-state index is -0.740. The minimum Gasteiger partial charge on any atom is -0.487 e. The van der Waals surface area contributed by atoms with Crippen LogP contribution >= 0.6 is 0 Å². The molecule has 0 aliphatic heterocycles. The molecule has 3 N–H and O–H groups in total. The average molecular weight is 364 g/mol. The largest absolute Gasteiger partial charge is 0.487 e. The van der Waals surface area contributed by atoms with E-state index in [0.29, 0.717) is 6.61 Å². The van der Waals surface area contributed by atoms with Crippen LogP contribution in [0.2, 0.25) is 0 Å². The molecule has 1 aliphatic rings. The number of imidazole rings is 1. The lowest BCUT2D eigenvalue weighted by Gasteiger charge is -2.31. The maximum absolute atomic E-state index is 12.5. The van der Waals surface area contributed by atoms with Gasteiger partial charge in [-0.05, 0) is 49.2 Å². The first-order valence-electron chi connectivity index (χ1n) is 9.38. The third-order valence-corrected chi connectivity index (χ3v) is 5.11. The Hall–Kier alpha value is -2.86. The van der Waals surface area contributed by atoms with Crippen LogP contribution in [0.25, 0.3) is 5.65 Å². The number of hydrogen-bond acceptors (Lipinski definition) is 4. The lowest BCUT2D eigenvalue weighted by atomic mass is 9.82. The molecular weight excluding hydrogens is 340 g/mol. The van der Waals surface area contributed by atoms with Gasteiger partial charge in [0.1, 0.15) is 18.0 Å². The monoisotopic (exact) mass is 364 g/mol. The topological polar surface area (TPSA) is 81.7 Å². The van der Waals surface area contributed by atoms with Crippen molar-refractivity contribution in [2.45, 2.75) is 44.2 Å². The molecule has 2 aromatic heterocycles. The van der Waals surface area contributed by atoms with Crippen LogP contribution < -0.4 is 15.8 Å². The molecular formula is C21H24N4O2. The number of ether oxygens (including phenoxy) is 1. The van der Waals surface area contributed by atoms with Crippen LogP contribution in [0.3, 0.4) is 0 Å². The standard InChI is InChI=1S/C21H24N4O2/c22-21(11-3-1-4-12-21)20(26)24-16-7-9-18(10-8-16)27-15-17-14-25-13-5-2-6-19(25)23-17/h2,5-10,13-14H,1,3-4,11-12,15,22H2,(H,24,26). The number of hydrogen-bond donors (Lipinski definition) is 2. The van der Waals surface area contributed by atoms with Crippen molar-refractivity contribution in [1.29, 1.82) is 0 Å². The molecule has 0 unspecified atom stereocenters. The summed E-state index contributed by atoms with van der Waals surface area (Å²) in [6.45, 7) is 0.388. The normalized spacial score (nSPS) is 16.2. The SMILES string of the molecule is NC1(C(=O)Nc2ccc(OCc3cn4ccccc4n3)cc2)CCCCC1. The second-order valence-electron chi connectivity index (χ2n) is 7.18. The Morgan fingerprint density at radius 2 is 1.93 bits per heavy atom. The molecule has 2 heterocycles. The highest BCUT2D eigenvalue weighted by atomic mass is 16.5. The number of nitrogens with zero attached hydrogens (tertiary/aromatic N) is 2. The molecule has 0 spiro atoms. The van der Waals surface area contributed by atoms with Gasteiger partial charge in [0.2, 0.25) is 5.91 Å². The lowest BCUT2D eigenvalue weighted by Crippen LogP contribution is -2.52. The lowest BCUT2D eigenvalue weighted by molar-refractivity contribution is -0.122. The first-order valence-corrected chi connectivity index (χ1v) is 9.38. The third-order valence-electron chi connectivity index (χ3n) is 5.11. The highest BCUT2D eigenvalue weighted by molar-refractivity contribution is 5.98. The van der Waals surface area contributed by atoms with Gasteiger partial charge in [0, 0.05) is 18.1 Å². The Kier molecular flexibility index (Phi) is 4.81.